The van der Waals surface area contributed by atoms with Crippen LogP contribution in [0.1, 0.15) is 21.1 Å². The average Bonchev–Trinajstić information content (AvgIpc) is 3.24. The molecule has 23 heavy (non-hydrogen) atoms. The molecule has 2 aliphatic rings. The number of carbonyl (C=O) groups excluding carboxylic acids is 1. The molecule has 3 heterocycles. The number of carbonyl (C=O) groups is 1. The highest BCUT2D eigenvalue weighted by Crippen LogP contribution is 2.35. The fraction of sp³-hybridized carbons (Fsp3) is 0.188. The van der Waals surface area contributed by atoms with E-state index >= 15 is 0 Å². The van der Waals surface area contributed by atoms with Crippen molar-refractivity contribution in [2.45, 2.75) is 6.92 Å². The second-order valence-corrected chi connectivity index (χ2v) is 7.12. The molecule has 116 valence electrons. The fourth-order valence-electron chi connectivity index (χ4n) is 2.53. The van der Waals surface area contributed by atoms with Crippen molar-refractivity contribution >= 4 is 45.6 Å². The van der Waals surface area contributed by atoms with E-state index in [9.17, 15) is 4.79 Å². The first-order valence-corrected chi connectivity index (χ1v) is 8.99. The van der Waals surface area contributed by atoms with Gasteiger partial charge in [0.25, 0.3) is 5.91 Å². The number of hydrogen-bond donors (Lipinski definition) is 1. The SMILES string of the molecule is Cc1nc(C(=O)Nc2ccc(C3=CSC4=NCCN34)cc2)cs1. The molecule has 4 rings (SSSR count). The summed E-state index contributed by atoms with van der Waals surface area (Å²) in [5.41, 5.74) is 3.54. The molecule has 0 atom stereocenters. The smallest absolute Gasteiger partial charge is 0.275 e. The number of rotatable bonds is 3. The van der Waals surface area contributed by atoms with Gasteiger partial charge in [0.1, 0.15) is 5.69 Å². The molecule has 0 spiro atoms. The summed E-state index contributed by atoms with van der Waals surface area (Å²) in [5.74, 6) is -0.174. The summed E-state index contributed by atoms with van der Waals surface area (Å²) >= 11 is 3.14. The number of nitrogens with one attached hydrogen (secondary N) is 1. The van der Waals surface area contributed by atoms with E-state index < -0.39 is 0 Å². The first-order chi connectivity index (χ1) is 11.2. The molecule has 0 bridgehead atoms. The average molecular weight is 342 g/mol. The highest BCUT2D eigenvalue weighted by atomic mass is 32.2. The first-order valence-electron chi connectivity index (χ1n) is 7.23. The summed E-state index contributed by atoms with van der Waals surface area (Å²) in [4.78, 5) is 23.0. The molecule has 0 saturated heterocycles. The molecule has 0 fully saturated rings. The molecule has 1 amide bonds. The van der Waals surface area contributed by atoms with Crippen LogP contribution in [-0.2, 0) is 0 Å². The number of hydrogen-bond acceptors (Lipinski definition) is 6. The normalized spacial score (nSPS) is 16.1. The summed E-state index contributed by atoms with van der Waals surface area (Å²) in [7, 11) is 0. The van der Waals surface area contributed by atoms with Crippen LogP contribution in [0.3, 0.4) is 0 Å². The number of aryl methyl sites for hydroxylation is 1. The van der Waals surface area contributed by atoms with Crippen LogP contribution in [0, 0.1) is 6.92 Å². The van der Waals surface area contributed by atoms with E-state index in [1.165, 1.54) is 17.0 Å². The van der Waals surface area contributed by atoms with Gasteiger partial charge in [0.05, 0.1) is 17.2 Å². The molecule has 1 aromatic carbocycles. The number of benzene rings is 1. The largest absolute Gasteiger partial charge is 0.321 e. The van der Waals surface area contributed by atoms with Crippen LogP contribution >= 0.6 is 23.1 Å². The number of fused-ring (bicyclic) bond motifs is 1. The lowest BCUT2D eigenvalue weighted by Gasteiger charge is -2.16. The lowest BCUT2D eigenvalue weighted by molar-refractivity contribution is 0.102. The molecule has 0 radical (unpaired) electrons. The molecule has 5 nitrogen and oxygen atoms in total. The van der Waals surface area contributed by atoms with Gasteiger partial charge in [0.15, 0.2) is 5.17 Å². The summed E-state index contributed by atoms with van der Waals surface area (Å²) in [6, 6.07) is 7.89. The Morgan fingerprint density at radius 2 is 2.13 bits per heavy atom. The third-order valence-corrected chi connectivity index (χ3v) is 5.33. The molecule has 1 N–H and O–H groups in total. The zero-order valence-corrected chi connectivity index (χ0v) is 14.1. The van der Waals surface area contributed by atoms with Gasteiger partial charge in [-0.1, -0.05) is 23.9 Å². The topological polar surface area (TPSA) is 57.6 Å². The number of nitrogens with zero attached hydrogens (tertiary/aromatic N) is 3. The van der Waals surface area contributed by atoms with Gasteiger partial charge in [-0.2, -0.15) is 0 Å². The maximum atomic E-state index is 12.1. The van der Waals surface area contributed by atoms with Gasteiger partial charge in [0.2, 0.25) is 0 Å². The zero-order chi connectivity index (χ0) is 15.8. The third kappa shape index (κ3) is 2.77. The monoisotopic (exact) mass is 342 g/mol. The van der Waals surface area contributed by atoms with Crippen molar-refractivity contribution < 1.29 is 4.79 Å². The van der Waals surface area contributed by atoms with Gasteiger partial charge < -0.3 is 10.2 Å². The van der Waals surface area contributed by atoms with E-state index in [0.29, 0.717) is 5.69 Å². The predicted octanol–water partition coefficient (Wildman–Crippen LogP) is 3.42. The zero-order valence-electron chi connectivity index (χ0n) is 12.4. The van der Waals surface area contributed by atoms with E-state index in [4.69, 9.17) is 0 Å². The molecular weight excluding hydrogens is 328 g/mol. The number of amides is 1. The summed E-state index contributed by atoms with van der Waals surface area (Å²) in [5, 5.41) is 8.75. The number of aliphatic imine (C=N–C) groups is 1. The lowest BCUT2D eigenvalue weighted by atomic mass is 10.1. The summed E-state index contributed by atoms with van der Waals surface area (Å²) in [6.45, 7) is 3.69. The Hall–Kier alpha value is -2.12. The number of aromatic nitrogens is 1. The maximum absolute atomic E-state index is 12.1. The number of anilines is 1. The Morgan fingerprint density at radius 3 is 2.87 bits per heavy atom. The van der Waals surface area contributed by atoms with Crippen molar-refractivity contribution in [3.8, 4) is 0 Å². The third-order valence-electron chi connectivity index (χ3n) is 3.66. The highest BCUT2D eigenvalue weighted by Gasteiger charge is 2.26. The van der Waals surface area contributed by atoms with Gasteiger partial charge in [0, 0.05) is 23.0 Å². The van der Waals surface area contributed by atoms with Crippen LogP contribution < -0.4 is 5.32 Å². The standard InChI is InChI=1S/C16H14N4OS2/c1-10-18-13(8-22-10)15(21)19-12-4-2-11(3-5-12)14-9-23-16-17-6-7-20(14)16/h2-5,8-9H,6-7H2,1H3,(H,19,21). The quantitative estimate of drug-likeness (QED) is 0.928. The van der Waals surface area contributed by atoms with Crippen molar-refractivity contribution in [3.05, 3.63) is 51.3 Å². The molecule has 0 aliphatic carbocycles. The predicted molar refractivity (Wildman–Crippen MR) is 95.8 cm³/mol. The molecule has 1 aromatic heterocycles. The molecule has 2 aromatic rings. The van der Waals surface area contributed by atoms with Crippen LogP contribution in [0.5, 0.6) is 0 Å². The Kier molecular flexibility index (Phi) is 3.66. The minimum absolute atomic E-state index is 0.174. The molecule has 0 saturated carbocycles. The van der Waals surface area contributed by atoms with E-state index in [0.717, 1.165) is 34.5 Å². The number of thiazole rings is 1. The van der Waals surface area contributed by atoms with E-state index in [1.54, 1.807) is 17.1 Å². The first kappa shape index (κ1) is 14.5. The van der Waals surface area contributed by atoms with Crippen LogP contribution in [0.15, 0.2) is 40.0 Å². The maximum Gasteiger partial charge on any atom is 0.275 e. The van der Waals surface area contributed by atoms with Crippen LogP contribution in [-0.4, -0.2) is 34.0 Å². The second-order valence-electron chi connectivity index (χ2n) is 5.22. The van der Waals surface area contributed by atoms with Crippen molar-refractivity contribution in [3.63, 3.8) is 0 Å². The van der Waals surface area contributed by atoms with Gasteiger partial charge >= 0.3 is 0 Å². The van der Waals surface area contributed by atoms with Crippen LogP contribution in [0.4, 0.5) is 5.69 Å². The van der Waals surface area contributed by atoms with E-state index in [1.807, 2.05) is 31.2 Å². The Labute approximate surface area is 142 Å². The van der Waals surface area contributed by atoms with Crippen LogP contribution in [0.25, 0.3) is 5.70 Å². The van der Waals surface area contributed by atoms with Crippen molar-refractivity contribution in [1.29, 1.82) is 0 Å². The molecule has 7 heteroatoms. The van der Waals surface area contributed by atoms with Gasteiger partial charge in [-0.05, 0) is 24.6 Å². The number of thioether (sulfide) groups is 1. The lowest BCUT2D eigenvalue weighted by Crippen LogP contribution is -2.19. The Balaban J connectivity index is 1.48. The van der Waals surface area contributed by atoms with Gasteiger partial charge in [-0.25, -0.2) is 4.98 Å². The highest BCUT2D eigenvalue weighted by molar-refractivity contribution is 8.16. The minimum atomic E-state index is -0.174. The minimum Gasteiger partial charge on any atom is -0.321 e. The van der Waals surface area contributed by atoms with Gasteiger partial charge in [-0.15, -0.1) is 11.3 Å². The van der Waals surface area contributed by atoms with Crippen molar-refractivity contribution in [2.24, 2.45) is 4.99 Å². The molecular formula is C16H14N4OS2. The summed E-state index contributed by atoms with van der Waals surface area (Å²) < 4.78 is 0. The molecule has 2 aliphatic heterocycles. The van der Waals surface area contributed by atoms with Crippen LogP contribution in [0.2, 0.25) is 0 Å². The number of amidine groups is 1. The van der Waals surface area contributed by atoms with Crippen molar-refractivity contribution in [2.75, 3.05) is 18.4 Å². The van der Waals surface area contributed by atoms with E-state index in [-0.39, 0.29) is 5.91 Å². The Bertz CT molecular complexity index is 823. The van der Waals surface area contributed by atoms with Gasteiger partial charge in [-0.3, -0.25) is 9.79 Å². The van der Waals surface area contributed by atoms with Crippen molar-refractivity contribution in [1.82, 2.24) is 9.88 Å². The molecule has 0 unspecified atom stereocenters. The Morgan fingerprint density at radius 1 is 1.30 bits per heavy atom. The van der Waals surface area contributed by atoms with E-state index in [2.05, 4.69) is 25.6 Å². The fourth-order valence-corrected chi connectivity index (χ4v) is 4.09. The second kappa shape index (κ2) is 5.82. The summed E-state index contributed by atoms with van der Waals surface area (Å²) in [6.07, 6.45) is 0.